The van der Waals surface area contributed by atoms with E-state index in [0.717, 1.165) is 0 Å². The Morgan fingerprint density at radius 2 is 1.50 bits per heavy atom. The SMILES string of the molecule is C=C[Si](OCC)(OCC)O[Si](C)(C)C. The third-order valence-corrected chi connectivity index (χ3v) is 6.86. The van der Waals surface area contributed by atoms with E-state index in [1.807, 2.05) is 13.8 Å². The largest absolute Gasteiger partial charge is 0.518 e. The zero-order valence-corrected chi connectivity index (χ0v) is 11.9. The smallest absolute Gasteiger partial charge is 0.413 e. The van der Waals surface area contributed by atoms with Crippen LogP contribution < -0.4 is 0 Å². The number of hydrogen-bond acceptors (Lipinski definition) is 3. The van der Waals surface area contributed by atoms with Gasteiger partial charge in [0.1, 0.15) is 0 Å². The van der Waals surface area contributed by atoms with Crippen LogP contribution in [0.15, 0.2) is 12.3 Å². The second-order valence-corrected chi connectivity index (χ2v) is 11.1. The van der Waals surface area contributed by atoms with Gasteiger partial charge in [-0.15, -0.1) is 0 Å². The van der Waals surface area contributed by atoms with E-state index in [1.165, 1.54) is 0 Å². The van der Waals surface area contributed by atoms with Crippen LogP contribution in [0.4, 0.5) is 0 Å². The summed E-state index contributed by atoms with van der Waals surface area (Å²) < 4.78 is 17.2. The molecule has 0 rings (SSSR count). The number of rotatable bonds is 7. The van der Waals surface area contributed by atoms with Crippen LogP contribution in [0.5, 0.6) is 0 Å². The highest BCUT2D eigenvalue weighted by atomic mass is 28.5. The zero-order chi connectivity index (χ0) is 11.2. The second-order valence-electron chi connectivity index (χ2n) is 3.89. The molecule has 84 valence electrons. The van der Waals surface area contributed by atoms with Gasteiger partial charge in [0, 0.05) is 13.2 Å². The Morgan fingerprint density at radius 3 is 1.71 bits per heavy atom. The average Bonchev–Trinajstić information content (AvgIpc) is 2.02. The molecule has 0 spiro atoms. The van der Waals surface area contributed by atoms with Gasteiger partial charge >= 0.3 is 8.80 Å². The first-order valence-electron chi connectivity index (χ1n) is 5.00. The van der Waals surface area contributed by atoms with Gasteiger partial charge < -0.3 is 13.0 Å². The van der Waals surface area contributed by atoms with Crippen LogP contribution in [0.2, 0.25) is 19.6 Å². The summed E-state index contributed by atoms with van der Waals surface area (Å²) in [7, 11) is -4.23. The number of hydrogen-bond donors (Lipinski definition) is 0. The summed E-state index contributed by atoms with van der Waals surface area (Å²) in [5, 5.41) is 0. The van der Waals surface area contributed by atoms with E-state index in [9.17, 15) is 0 Å². The molecule has 0 fully saturated rings. The Kier molecular flexibility index (Phi) is 5.84. The van der Waals surface area contributed by atoms with E-state index in [0.29, 0.717) is 13.2 Å². The van der Waals surface area contributed by atoms with Crippen LogP contribution in [-0.4, -0.2) is 30.3 Å². The molecule has 3 nitrogen and oxygen atoms in total. The molecule has 0 aromatic heterocycles. The Hall–Kier alpha value is 0.0538. The summed E-state index contributed by atoms with van der Waals surface area (Å²) in [6, 6.07) is 0. The van der Waals surface area contributed by atoms with E-state index in [2.05, 4.69) is 26.2 Å². The van der Waals surface area contributed by atoms with Crippen molar-refractivity contribution in [1.82, 2.24) is 0 Å². The standard InChI is InChI=1S/C9H22O3Si2/c1-7-10-14(9-3,11-8-2)12-13(4,5)6/h9H,3,7-8H2,1-2,4-6H3. The molecule has 0 heterocycles. The fourth-order valence-corrected chi connectivity index (χ4v) is 6.43. The molecule has 0 atom stereocenters. The van der Waals surface area contributed by atoms with Gasteiger partial charge in [0.05, 0.1) is 0 Å². The quantitative estimate of drug-likeness (QED) is 0.634. The summed E-state index contributed by atoms with van der Waals surface area (Å²) >= 11 is 0. The van der Waals surface area contributed by atoms with Gasteiger partial charge in [0.25, 0.3) is 0 Å². The van der Waals surface area contributed by atoms with Crippen LogP contribution in [0.1, 0.15) is 13.8 Å². The Balaban J connectivity index is 4.56. The lowest BCUT2D eigenvalue weighted by molar-refractivity contribution is 0.128. The Morgan fingerprint density at radius 1 is 1.07 bits per heavy atom. The van der Waals surface area contributed by atoms with Crippen LogP contribution in [0.3, 0.4) is 0 Å². The second kappa shape index (κ2) is 5.82. The fourth-order valence-electron chi connectivity index (χ4n) is 1.09. The lowest BCUT2D eigenvalue weighted by Crippen LogP contribution is -2.51. The van der Waals surface area contributed by atoms with Crippen molar-refractivity contribution in [3.05, 3.63) is 12.3 Å². The van der Waals surface area contributed by atoms with Gasteiger partial charge in [0.2, 0.25) is 0 Å². The van der Waals surface area contributed by atoms with Gasteiger partial charge in [-0.25, -0.2) is 0 Å². The lowest BCUT2D eigenvalue weighted by atomic mass is 10.9. The first-order valence-corrected chi connectivity index (χ1v) is 10.2. The molecule has 0 saturated carbocycles. The van der Waals surface area contributed by atoms with E-state index < -0.39 is 17.1 Å². The molecule has 0 unspecified atom stereocenters. The molecular weight excluding hydrogens is 212 g/mol. The molecule has 0 bridgehead atoms. The van der Waals surface area contributed by atoms with E-state index in [1.54, 1.807) is 5.70 Å². The van der Waals surface area contributed by atoms with Crippen molar-refractivity contribution >= 4 is 17.1 Å². The van der Waals surface area contributed by atoms with Crippen molar-refractivity contribution in [3.63, 3.8) is 0 Å². The van der Waals surface area contributed by atoms with Gasteiger partial charge in [-0.3, -0.25) is 0 Å². The normalized spacial score (nSPS) is 12.9. The first kappa shape index (κ1) is 14.1. The van der Waals surface area contributed by atoms with Crippen molar-refractivity contribution < 1.29 is 13.0 Å². The lowest BCUT2D eigenvalue weighted by Gasteiger charge is -2.32. The van der Waals surface area contributed by atoms with Crippen molar-refractivity contribution in [2.75, 3.05) is 13.2 Å². The third-order valence-electron chi connectivity index (χ3n) is 1.39. The highest BCUT2D eigenvalue weighted by Gasteiger charge is 2.41. The summed E-state index contributed by atoms with van der Waals surface area (Å²) in [5.74, 6) is 0. The minimum atomic E-state index is -2.58. The maximum atomic E-state index is 5.97. The maximum Gasteiger partial charge on any atom is 0.518 e. The van der Waals surface area contributed by atoms with Gasteiger partial charge in [0.15, 0.2) is 8.32 Å². The van der Waals surface area contributed by atoms with Crippen LogP contribution in [-0.2, 0) is 13.0 Å². The van der Waals surface area contributed by atoms with Crippen LogP contribution in [0, 0.1) is 0 Å². The van der Waals surface area contributed by atoms with Gasteiger partial charge in [-0.05, 0) is 39.2 Å². The molecule has 0 aliphatic carbocycles. The van der Waals surface area contributed by atoms with Crippen LogP contribution in [0.25, 0.3) is 0 Å². The molecule has 5 heteroatoms. The Bertz CT molecular complexity index is 171. The van der Waals surface area contributed by atoms with E-state index >= 15 is 0 Å². The monoisotopic (exact) mass is 234 g/mol. The molecule has 0 aromatic rings. The molecule has 0 aliphatic heterocycles. The van der Waals surface area contributed by atoms with Gasteiger partial charge in [-0.1, -0.05) is 6.58 Å². The predicted octanol–water partition coefficient (Wildman–Crippen LogP) is 2.58. The molecule has 0 saturated heterocycles. The predicted molar refractivity (Wildman–Crippen MR) is 63.6 cm³/mol. The van der Waals surface area contributed by atoms with Crippen molar-refractivity contribution in [3.8, 4) is 0 Å². The fraction of sp³-hybridized carbons (Fsp3) is 0.778. The molecule has 0 aliphatic rings. The summed E-state index contributed by atoms with van der Waals surface area (Å²) in [5.41, 5.74) is 1.72. The summed E-state index contributed by atoms with van der Waals surface area (Å²) in [4.78, 5) is 0. The van der Waals surface area contributed by atoms with Gasteiger partial charge in [-0.2, -0.15) is 0 Å². The average molecular weight is 234 g/mol. The molecule has 0 amide bonds. The van der Waals surface area contributed by atoms with E-state index in [-0.39, 0.29) is 0 Å². The topological polar surface area (TPSA) is 27.7 Å². The molecular formula is C9H22O3Si2. The van der Waals surface area contributed by atoms with Crippen LogP contribution >= 0.6 is 0 Å². The highest BCUT2D eigenvalue weighted by Crippen LogP contribution is 2.17. The molecule has 14 heavy (non-hydrogen) atoms. The Labute approximate surface area is 89.6 Å². The summed E-state index contributed by atoms with van der Waals surface area (Å²) in [6.45, 7) is 15.2. The molecule has 0 radical (unpaired) electrons. The highest BCUT2D eigenvalue weighted by molar-refractivity contribution is 6.81. The third kappa shape index (κ3) is 5.06. The van der Waals surface area contributed by atoms with Crippen molar-refractivity contribution in [1.29, 1.82) is 0 Å². The summed E-state index contributed by atoms with van der Waals surface area (Å²) in [6.07, 6.45) is 0. The minimum Gasteiger partial charge on any atom is -0.413 e. The molecule has 0 N–H and O–H groups in total. The van der Waals surface area contributed by atoms with Crippen molar-refractivity contribution in [2.24, 2.45) is 0 Å². The zero-order valence-electron chi connectivity index (χ0n) is 9.92. The molecule has 0 aromatic carbocycles. The first-order chi connectivity index (χ1) is 6.39. The van der Waals surface area contributed by atoms with E-state index in [4.69, 9.17) is 13.0 Å². The van der Waals surface area contributed by atoms with Crippen molar-refractivity contribution in [2.45, 2.75) is 33.5 Å². The maximum absolute atomic E-state index is 5.97. The minimum absolute atomic E-state index is 0.600.